The first-order chi connectivity index (χ1) is 11.3. The number of nitrogens with zero attached hydrogens (tertiary/aromatic N) is 3. The van der Waals surface area contributed by atoms with Gasteiger partial charge in [-0.3, -0.25) is 4.90 Å². The normalized spacial score (nSPS) is 16.8. The molecule has 0 aromatic carbocycles. The summed E-state index contributed by atoms with van der Waals surface area (Å²) >= 11 is 1.60. The number of aromatic nitrogens is 2. The largest absolute Gasteiger partial charge is 0.395 e. The second kappa shape index (κ2) is 7.83. The number of likely N-dealkylation sites (tertiary alicyclic amines) is 1. The van der Waals surface area contributed by atoms with Gasteiger partial charge in [0.05, 0.1) is 24.9 Å². The van der Waals surface area contributed by atoms with Crippen LogP contribution in [-0.4, -0.2) is 57.4 Å². The van der Waals surface area contributed by atoms with Crippen LogP contribution in [0.1, 0.15) is 24.5 Å². The van der Waals surface area contributed by atoms with Gasteiger partial charge in [-0.1, -0.05) is 6.07 Å². The number of aliphatic hydroxyl groups is 2. The van der Waals surface area contributed by atoms with Crippen molar-refractivity contribution in [2.75, 3.05) is 31.6 Å². The fourth-order valence-corrected chi connectivity index (χ4v) is 3.73. The van der Waals surface area contributed by atoms with Crippen molar-refractivity contribution >= 4 is 22.3 Å². The van der Waals surface area contributed by atoms with E-state index in [1.54, 1.807) is 17.5 Å². The van der Waals surface area contributed by atoms with Gasteiger partial charge in [-0.05, 0) is 38.1 Å². The van der Waals surface area contributed by atoms with Crippen LogP contribution in [0.4, 0.5) is 10.9 Å². The van der Waals surface area contributed by atoms with E-state index in [9.17, 15) is 10.2 Å². The van der Waals surface area contributed by atoms with Crippen molar-refractivity contribution in [3.05, 3.63) is 35.5 Å². The van der Waals surface area contributed by atoms with Gasteiger partial charge < -0.3 is 15.5 Å². The Hall–Kier alpha value is -1.54. The lowest BCUT2D eigenvalue weighted by atomic mass is 9.93. The zero-order valence-electron chi connectivity index (χ0n) is 12.9. The summed E-state index contributed by atoms with van der Waals surface area (Å²) in [7, 11) is 0. The van der Waals surface area contributed by atoms with E-state index < -0.39 is 0 Å². The molecular weight excluding hydrogens is 312 g/mol. The third-order valence-electron chi connectivity index (χ3n) is 4.31. The minimum absolute atomic E-state index is 0.00993. The van der Waals surface area contributed by atoms with Gasteiger partial charge in [-0.25, -0.2) is 9.97 Å². The number of nitrogens with one attached hydrogen (secondary N) is 1. The molecule has 124 valence electrons. The first kappa shape index (κ1) is 16.3. The summed E-state index contributed by atoms with van der Waals surface area (Å²) < 4.78 is 0. The number of pyridine rings is 1. The van der Waals surface area contributed by atoms with Crippen LogP contribution in [0.5, 0.6) is 0 Å². The maximum atomic E-state index is 9.28. The van der Waals surface area contributed by atoms with Crippen molar-refractivity contribution < 1.29 is 10.2 Å². The van der Waals surface area contributed by atoms with Crippen LogP contribution in [0.15, 0.2) is 29.8 Å². The lowest BCUT2D eigenvalue weighted by Crippen LogP contribution is -2.44. The smallest absolute Gasteiger partial charge is 0.188 e. The van der Waals surface area contributed by atoms with Gasteiger partial charge in [0, 0.05) is 17.5 Å². The predicted octanol–water partition coefficient (Wildman–Crippen LogP) is 1.81. The molecule has 0 saturated carbocycles. The molecular formula is C16H22N4O2S. The van der Waals surface area contributed by atoms with E-state index >= 15 is 0 Å². The predicted molar refractivity (Wildman–Crippen MR) is 91.1 cm³/mol. The van der Waals surface area contributed by atoms with Gasteiger partial charge >= 0.3 is 0 Å². The van der Waals surface area contributed by atoms with Gasteiger partial charge in [0.25, 0.3) is 0 Å². The molecule has 2 aromatic heterocycles. The Morgan fingerprint density at radius 3 is 2.70 bits per heavy atom. The van der Waals surface area contributed by atoms with E-state index in [4.69, 9.17) is 0 Å². The Kier molecular flexibility index (Phi) is 5.56. The highest BCUT2D eigenvalue weighted by Crippen LogP contribution is 2.31. The van der Waals surface area contributed by atoms with Gasteiger partial charge in [-0.2, -0.15) is 0 Å². The van der Waals surface area contributed by atoms with Crippen LogP contribution in [0.25, 0.3) is 0 Å². The van der Waals surface area contributed by atoms with Gasteiger partial charge in [0.15, 0.2) is 5.13 Å². The summed E-state index contributed by atoms with van der Waals surface area (Å²) in [5.41, 5.74) is 1.12. The molecule has 0 radical (unpaired) electrons. The highest BCUT2D eigenvalue weighted by molar-refractivity contribution is 7.13. The maximum Gasteiger partial charge on any atom is 0.188 e. The van der Waals surface area contributed by atoms with Gasteiger partial charge in [0.2, 0.25) is 0 Å². The average Bonchev–Trinajstić information content (AvgIpc) is 3.06. The van der Waals surface area contributed by atoms with Crippen molar-refractivity contribution in [3.63, 3.8) is 0 Å². The van der Waals surface area contributed by atoms with E-state index in [1.807, 2.05) is 18.2 Å². The van der Waals surface area contributed by atoms with Crippen LogP contribution in [0.2, 0.25) is 0 Å². The standard InChI is InChI=1S/C16H22N4O2S/c21-9-13(10-22)20-7-4-12(5-8-20)14-11-23-16(18-14)19-15-3-1-2-6-17-15/h1-3,6,11-13,21-22H,4-5,7-10H2,(H,17,18,19). The zero-order valence-corrected chi connectivity index (χ0v) is 13.7. The second-order valence-corrected chi connectivity index (χ2v) is 6.60. The molecule has 6 nitrogen and oxygen atoms in total. The van der Waals surface area contributed by atoms with Crippen molar-refractivity contribution in [1.82, 2.24) is 14.9 Å². The molecule has 0 bridgehead atoms. The van der Waals surface area contributed by atoms with E-state index in [0.717, 1.165) is 42.6 Å². The summed E-state index contributed by atoms with van der Waals surface area (Å²) in [6.07, 6.45) is 3.76. The molecule has 2 aromatic rings. The molecule has 23 heavy (non-hydrogen) atoms. The first-order valence-corrected chi connectivity index (χ1v) is 8.77. The summed E-state index contributed by atoms with van der Waals surface area (Å²) in [4.78, 5) is 11.1. The maximum absolute atomic E-state index is 9.28. The van der Waals surface area contributed by atoms with E-state index in [0.29, 0.717) is 5.92 Å². The molecule has 1 fully saturated rings. The van der Waals surface area contributed by atoms with E-state index in [1.165, 1.54) is 0 Å². The summed E-state index contributed by atoms with van der Waals surface area (Å²) in [6.45, 7) is 1.79. The number of anilines is 2. The Balaban J connectivity index is 1.57. The highest BCUT2D eigenvalue weighted by atomic mass is 32.1. The quantitative estimate of drug-likeness (QED) is 0.747. The van der Waals surface area contributed by atoms with Crippen LogP contribution >= 0.6 is 11.3 Å². The number of piperidine rings is 1. The molecule has 7 heteroatoms. The number of hydrogen-bond acceptors (Lipinski definition) is 7. The Bertz CT molecular complexity index is 595. The molecule has 0 aliphatic carbocycles. The fourth-order valence-electron chi connectivity index (χ4n) is 2.93. The second-order valence-electron chi connectivity index (χ2n) is 5.75. The molecule has 1 aliphatic heterocycles. The molecule has 0 spiro atoms. The van der Waals surface area contributed by atoms with Crippen LogP contribution in [-0.2, 0) is 0 Å². The van der Waals surface area contributed by atoms with Crippen molar-refractivity contribution in [2.24, 2.45) is 0 Å². The molecule has 0 amide bonds. The van der Waals surface area contributed by atoms with Crippen molar-refractivity contribution in [3.8, 4) is 0 Å². The molecule has 3 heterocycles. The number of hydrogen-bond donors (Lipinski definition) is 3. The summed E-state index contributed by atoms with van der Waals surface area (Å²) in [5.74, 6) is 1.25. The molecule has 1 aliphatic rings. The summed E-state index contributed by atoms with van der Waals surface area (Å²) in [6, 6.07) is 5.62. The lowest BCUT2D eigenvalue weighted by Gasteiger charge is -2.35. The zero-order chi connectivity index (χ0) is 16.1. The topological polar surface area (TPSA) is 81.5 Å². The molecule has 0 unspecified atom stereocenters. The van der Waals surface area contributed by atoms with Gasteiger partial charge in [-0.15, -0.1) is 11.3 Å². The minimum atomic E-state index is -0.132. The number of rotatable bonds is 6. The summed E-state index contributed by atoms with van der Waals surface area (Å²) in [5, 5.41) is 24.8. The minimum Gasteiger partial charge on any atom is -0.395 e. The lowest BCUT2D eigenvalue weighted by molar-refractivity contribution is 0.0567. The Morgan fingerprint density at radius 1 is 1.26 bits per heavy atom. The molecule has 3 rings (SSSR count). The van der Waals surface area contributed by atoms with Crippen molar-refractivity contribution in [1.29, 1.82) is 0 Å². The average molecular weight is 334 g/mol. The third kappa shape index (κ3) is 4.06. The Morgan fingerprint density at radius 2 is 2.04 bits per heavy atom. The van der Waals surface area contributed by atoms with E-state index in [2.05, 4.69) is 25.6 Å². The number of thiazole rings is 1. The monoisotopic (exact) mass is 334 g/mol. The number of aliphatic hydroxyl groups excluding tert-OH is 2. The third-order valence-corrected chi connectivity index (χ3v) is 5.08. The SMILES string of the molecule is OCC(CO)N1CCC(c2csc(Nc3ccccn3)n2)CC1. The van der Waals surface area contributed by atoms with Crippen LogP contribution in [0.3, 0.4) is 0 Å². The molecule has 3 N–H and O–H groups in total. The van der Waals surface area contributed by atoms with Crippen molar-refractivity contribution in [2.45, 2.75) is 24.8 Å². The first-order valence-electron chi connectivity index (χ1n) is 7.89. The van der Waals surface area contributed by atoms with Crippen LogP contribution in [0, 0.1) is 0 Å². The Labute approximate surface area is 139 Å². The van der Waals surface area contributed by atoms with Gasteiger partial charge in [0.1, 0.15) is 5.82 Å². The molecule has 0 atom stereocenters. The molecule has 1 saturated heterocycles. The van der Waals surface area contributed by atoms with E-state index in [-0.39, 0.29) is 19.3 Å². The van der Waals surface area contributed by atoms with Crippen LogP contribution < -0.4 is 5.32 Å². The fraction of sp³-hybridized carbons (Fsp3) is 0.500. The highest BCUT2D eigenvalue weighted by Gasteiger charge is 2.26.